The number of benzene rings is 1. The number of hydrogen-bond donors (Lipinski definition) is 0. The van der Waals surface area contributed by atoms with Crippen molar-refractivity contribution in [1.29, 1.82) is 0 Å². The van der Waals surface area contributed by atoms with Crippen LogP contribution >= 0.6 is 0 Å². The molecule has 2 aromatic rings. The second kappa shape index (κ2) is 5.67. The van der Waals surface area contributed by atoms with Crippen molar-refractivity contribution >= 4 is 10.8 Å². The van der Waals surface area contributed by atoms with Crippen LogP contribution in [0.25, 0.3) is 10.8 Å². The molecule has 0 N–H and O–H groups in total. The molecular formula is C17H23NW. The molecule has 0 aliphatic carbocycles. The van der Waals surface area contributed by atoms with Crippen LogP contribution in [0.5, 0.6) is 0 Å². The molecule has 0 saturated carbocycles. The molecule has 1 aromatic heterocycles. The Morgan fingerprint density at radius 3 is 2.16 bits per heavy atom. The molecule has 19 heavy (non-hydrogen) atoms. The predicted molar refractivity (Wildman–Crippen MR) is 77.6 cm³/mol. The van der Waals surface area contributed by atoms with Gasteiger partial charge in [-0.2, -0.15) is 0 Å². The van der Waals surface area contributed by atoms with Crippen LogP contribution in [0.2, 0.25) is 0 Å². The molecule has 0 radical (unpaired) electrons. The van der Waals surface area contributed by atoms with Crippen LogP contribution in [0.1, 0.15) is 45.9 Å². The van der Waals surface area contributed by atoms with Gasteiger partial charge in [-0.15, -0.1) is 0 Å². The monoisotopic (exact) mass is 425 g/mol. The van der Waals surface area contributed by atoms with Crippen LogP contribution in [0.4, 0.5) is 0 Å². The Hall–Kier alpha value is -0.812. The van der Waals surface area contributed by atoms with Crippen molar-refractivity contribution in [3.63, 3.8) is 0 Å². The molecule has 0 saturated heterocycles. The summed E-state index contributed by atoms with van der Waals surface area (Å²) in [5.41, 5.74) is 2.94. The molecule has 0 atom stereocenters. The minimum absolute atomic E-state index is 0. The van der Waals surface area contributed by atoms with Gasteiger partial charge < -0.3 is 4.57 Å². The fourth-order valence-electron chi connectivity index (χ4n) is 2.74. The zero-order valence-corrected chi connectivity index (χ0v) is 15.7. The van der Waals surface area contributed by atoms with Crippen molar-refractivity contribution in [3.8, 4) is 0 Å². The van der Waals surface area contributed by atoms with E-state index in [-0.39, 0.29) is 26.5 Å². The predicted octanol–water partition coefficient (Wildman–Crippen LogP) is 4.15. The molecule has 0 unspecified atom stereocenters. The maximum absolute atomic E-state index is 2.34. The number of fused-ring (bicyclic) bond motifs is 1. The van der Waals surface area contributed by atoms with Gasteiger partial charge in [0.2, 0.25) is 0 Å². The van der Waals surface area contributed by atoms with Gasteiger partial charge in [-0.25, -0.2) is 0 Å². The molecule has 0 spiro atoms. The van der Waals surface area contributed by atoms with E-state index in [1.807, 2.05) is 0 Å². The first-order valence-electron chi connectivity index (χ1n) is 6.57. The van der Waals surface area contributed by atoms with Crippen LogP contribution in [0.3, 0.4) is 0 Å². The van der Waals surface area contributed by atoms with Crippen LogP contribution in [-0.2, 0) is 26.5 Å². The normalized spacial score (nSPS) is 11.3. The number of aromatic nitrogens is 1. The van der Waals surface area contributed by atoms with E-state index in [1.165, 1.54) is 28.1 Å². The SMILES string of the molecule is Cc1c(C(C)(C)C)[n+]([C-](C)C)cc2ccccc12.[W]. The van der Waals surface area contributed by atoms with Crippen molar-refractivity contribution in [2.75, 3.05) is 0 Å². The summed E-state index contributed by atoms with van der Waals surface area (Å²) in [4.78, 5) is 0. The maximum atomic E-state index is 2.34. The summed E-state index contributed by atoms with van der Waals surface area (Å²) in [7, 11) is 0. The van der Waals surface area contributed by atoms with Crippen molar-refractivity contribution in [2.45, 2.75) is 47.0 Å². The Balaban J connectivity index is 0.00000180. The first kappa shape index (κ1) is 16.2. The van der Waals surface area contributed by atoms with Gasteiger partial charge in [0.25, 0.3) is 0 Å². The second-order valence-electron chi connectivity index (χ2n) is 6.26. The Kier molecular flexibility index (Phi) is 4.85. The maximum Gasteiger partial charge on any atom is 0.0910 e. The molecular weight excluding hydrogens is 402 g/mol. The first-order chi connectivity index (χ1) is 8.32. The molecule has 1 nitrogen and oxygen atoms in total. The number of aryl methyl sites for hydroxylation is 1. The van der Waals surface area contributed by atoms with E-state index in [0.717, 1.165) is 0 Å². The van der Waals surface area contributed by atoms with Crippen LogP contribution in [-0.4, -0.2) is 0 Å². The van der Waals surface area contributed by atoms with Crippen molar-refractivity contribution in [3.05, 3.63) is 47.8 Å². The molecule has 1 heterocycles. The zero-order chi connectivity index (χ0) is 13.5. The number of nitrogens with zero attached hydrogens (tertiary/aromatic N) is 1. The molecule has 0 fully saturated rings. The molecule has 0 aliphatic rings. The molecule has 2 rings (SSSR count). The zero-order valence-electron chi connectivity index (χ0n) is 12.7. The van der Waals surface area contributed by atoms with Crippen LogP contribution in [0, 0.1) is 13.0 Å². The standard InChI is InChI=1S/C17H23N.W/c1-12(2)18-11-14-9-7-8-10-15(14)13(3)16(18)17(4,5)6;/h7-11H,1-6H3;. The second-order valence-corrected chi connectivity index (χ2v) is 6.26. The van der Waals surface area contributed by atoms with Gasteiger partial charge in [0, 0.05) is 26.5 Å². The van der Waals surface area contributed by atoms with Crippen LogP contribution < -0.4 is 4.57 Å². The number of pyridine rings is 1. The summed E-state index contributed by atoms with van der Waals surface area (Å²) < 4.78 is 2.34. The Bertz CT molecular complexity index is 580. The Labute approximate surface area is 131 Å². The third-order valence-electron chi connectivity index (χ3n) is 3.42. The molecule has 1 aromatic carbocycles. The van der Waals surface area contributed by atoms with Gasteiger partial charge in [-0.05, 0) is 37.1 Å². The van der Waals surface area contributed by atoms with E-state index in [4.69, 9.17) is 0 Å². The van der Waals surface area contributed by atoms with Gasteiger partial charge in [-0.1, -0.05) is 45.0 Å². The fraction of sp³-hybridized carbons (Fsp3) is 0.412. The quantitative estimate of drug-likeness (QED) is 0.478. The summed E-state index contributed by atoms with van der Waals surface area (Å²) in [5, 5.41) is 2.67. The summed E-state index contributed by atoms with van der Waals surface area (Å²) in [6, 6.07) is 9.94. The van der Waals surface area contributed by atoms with Crippen molar-refractivity contribution < 1.29 is 25.6 Å². The van der Waals surface area contributed by atoms with E-state index in [9.17, 15) is 0 Å². The summed E-state index contributed by atoms with van der Waals surface area (Å²) >= 11 is 0. The minimum atomic E-state index is 0. The van der Waals surface area contributed by atoms with Gasteiger partial charge in [0.1, 0.15) is 0 Å². The molecule has 102 valence electrons. The van der Waals surface area contributed by atoms with E-state index >= 15 is 0 Å². The Morgan fingerprint density at radius 1 is 1.05 bits per heavy atom. The molecule has 0 aliphatic heterocycles. The van der Waals surface area contributed by atoms with Crippen molar-refractivity contribution in [2.24, 2.45) is 0 Å². The Morgan fingerprint density at radius 2 is 1.63 bits per heavy atom. The minimum Gasteiger partial charge on any atom is -0.331 e. The first-order valence-corrected chi connectivity index (χ1v) is 6.57. The van der Waals surface area contributed by atoms with E-state index in [1.54, 1.807) is 0 Å². The summed E-state index contributed by atoms with van der Waals surface area (Å²) in [5.74, 6) is 0. The average Bonchev–Trinajstić information content (AvgIpc) is 2.27. The third-order valence-corrected chi connectivity index (χ3v) is 3.42. The smallest absolute Gasteiger partial charge is 0.0910 e. The summed E-state index contributed by atoms with van der Waals surface area (Å²) in [6.07, 6.45) is 2.26. The van der Waals surface area contributed by atoms with E-state index < -0.39 is 0 Å². The van der Waals surface area contributed by atoms with Gasteiger partial charge >= 0.3 is 0 Å². The fourth-order valence-corrected chi connectivity index (χ4v) is 2.74. The third kappa shape index (κ3) is 3.03. The topological polar surface area (TPSA) is 3.88 Å². The summed E-state index contributed by atoms with van der Waals surface area (Å²) in [6.45, 7) is 13.4. The van der Waals surface area contributed by atoms with E-state index in [2.05, 4.69) is 76.6 Å². The number of rotatable bonds is 1. The van der Waals surface area contributed by atoms with Gasteiger partial charge in [0.05, 0.1) is 17.9 Å². The van der Waals surface area contributed by atoms with Crippen molar-refractivity contribution in [1.82, 2.24) is 0 Å². The van der Waals surface area contributed by atoms with E-state index in [0.29, 0.717) is 0 Å². The number of hydrogen-bond acceptors (Lipinski definition) is 0. The molecule has 0 amide bonds. The average molecular weight is 425 g/mol. The molecule has 2 heteroatoms. The molecule has 0 bridgehead atoms. The van der Waals surface area contributed by atoms with Gasteiger partial charge in [0.15, 0.2) is 0 Å². The van der Waals surface area contributed by atoms with Crippen LogP contribution in [0.15, 0.2) is 30.5 Å². The van der Waals surface area contributed by atoms with Gasteiger partial charge in [-0.3, -0.25) is 0 Å². The largest absolute Gasteiger partial charge is 0.331 e.